The summed E-state index contributed by atoms with van der Waals surface area (Å²) in [5.74, 6) is -6.50. The summed E-state index contributed by atoms with van der Waals surface area (Å²) >= 11 is 5.14. The number of Topliss-reactive ketones (excluding diaryl/α,β-unsaturated/α-hetero) is 2. The van der Waals surface area contributed by atoms with Crippen LogP contribution >= 0.6 is 45.3 Å². The molecule has 1 aromatic carbocycles. The largest absolute Gasteiger partial charge is 0.494 e. The van der Waals surface area contributed by atoms with Crippen molar-refractivity contribution in [3.05, 3.63) is 107 Å². The van der Waals surface area contributed by atoms with Gasteiger partial charge in [0.25, 0.3) is 17.7 Å². The molecular formula is C36H28N4O8S4. The number of H-pyrrole nitrogens is 1. The third-order valence-corrected chi connectivity index (χ3v) is 13.0. The van der Waals surface area contributed by atoms with E-state index in [2.05, 4.69) is 9.98 Å². The fraction of sp³-hybridized carbons (Fsp3) is 0.167. The van der Waals surface area contributed by atoms with Gasteiger partial charge in [0.15, 0.2) is 17.1 Å². The Labute approximate surface area is 310 Å². The van der Waals surface area contributed by atoms with E-state index in [9.17, 15) is 39.3 Å². The van der Waals surface area contributed by atoms with E-state index in [1.54, 1.807) is 34.2 Å². The molecule has 5 aromatic heterocycles. The van der Waals surface area contributed by atoms with Crippen molar-refractivity contribution < 1.29 is 39.3 Å². The normalized spacial score (nSPS) is 19.3. The number of benzene rings is 1. The zero-order valence-corrected chi connectivity index (χ0v) is 30.0. The van der Waals surface area contributed by atoms with Crippen LogP contribution < -0.4 is 22.0 Å². The highest BCUT2D eigenvalue weighted by Crippen LogP contribution is 2.45. The van der Waals surface area contributed by atoms with Gasteiger partial charge in [-0.15, -0.1) is 45.3 Å². The Balaban J connectivity index is 0.000000163. The van der Waals surface area contributed by atoms with Crippen LogP contribution in [0.25, 0.3) is 26.9 Å². The number of aliphatic hydroxyl groups is 2. The highest BCUT2D eigenvalue weighted by molar-refractivity contribution is 7.13. The Morgan fingerprint density at radius 3 is 1.71 bits per heavy atom. The molecule has 264 valence electrons. The molecule has 1 saturated carbocycles. The second-order valence-electron chi connectivity index (χ2n) is 12.2. The first-order valence-electron chi connectivity index (χ1n) is 15.6. The minimum absolute atomic E-state index is 0.139. The maximum absolute atomic E-state index is 12.9. The van der Waals surface area contributed by atoms with Gasteiger partial charge in [-0.1, -0.05) is 24.3 Å². The van der Waals surface area contributed by atoms with Crippen LogP contribution in [0.4, 0.5) is 0 Å². The van der Waals surface area contributed by atoms with Gasteiger partial charge in [0.1, 0.15) is 11.6 Å². The fourth-order valence-electron chi connectivity index (χ4n) is 6.72. The number of amides is 3. The summed E-state index contributed by atoms with van der Waals surface area (Å²) in [6.07, 6.45) is -1.11. The minimum Gasteiger partial charge on any atom is -0.494 e. The molecule has 4 unspecified atom stereocenters. The Kier molecular flexibility index (Phi) is 9.14. The Morgan fingerprint density at radius 1 is 0.750 bits per heavy atom. The zero-order chi connectivity index (χ0) is 36.9. The lowest BCUT2D eigenvalue weighted by Crippen LogP contribution is -2.57. The summed E-state index contributed by atoms with van der Waals surface area (Å²) < 4.78 is 0. The second kappa shape index (κ2) is 13.5. The number of nitrogens with two attached hydrogens (primary N) is 2. The molecule has 1 fully saturated rings. The number of aromatic nitrogens is 1. The minimum atomic E-state index is -2.35. The molecular weight excluding hydrogens is 745 g/mol. The summed E-state index contributed by atoms with van der Waals surface area (Å²) in [4.78, 5) is 71.6. The summed E-state index contributed by atoms with van der Waals surface area (Å²) in [6.45, 7) is 0. The van der Waals surface area contributed by atoms with Crippen LogP contribution in [-0.2, 0) is 35.2 Å². The van der Waals surface area contributed by atoms with E-state index in [0.717, 1.165) is 54.1 Å². The van der Waals surface area contributed by atoms with Crippen molar-refractivity contribution in [1.82, 2.24) is 4.98 Å². The van der Waals surface area contributed by atoms with E-state index in [0.29, 0.717) is 10.9 Å². The topological polar surface area (TPSA) is 226 Å². The lowest BCUT2D eigenvalue weighted by atomic mass is 9.66. The van der Waals surface area contributed by atoms with E-state index in [1.807, 2.05) is 47.2 Å². The number of hydrogen-bond acceptors (Lipinski definition) is 12. The van der Waals surface area contributed by atoms with Gasteiger partial charge in [0.2, 0.25) is 0 Å². The number of rotatable bonds is 8. The molecule has 0 spiro atoms. The number of thiophene rings is 4. The monoisotopic (exact) mass is 772 g/mol. The quantitative estimate of drug-likeness (QED) is 0.135. The van der Waals surface area contributed by atoms with E-state index >= 15 is 0 Å². The fourth-order valence-corrected chi connectivity index (χ4v) is 10.0. The van der Waals surface area contributed by atoms with Crippen LogP contribution in [0.3, 0.4) is 0 Å². The molecule has 6 aromatic rings. The molecule has 0 bridgehead atoms. The van der Waals surface area contributed by atoms with Crippen molar-refractivity contribution in [1.29, 1.82) is 0 Å². The van der Waals surface area contributed by atoms with E-state index in [4.69, 9.17) is 11.5 Å². The van der Waals surface area contributed by atoms with Gasteiger partial charge < -0.3 is 31.8 Å². The van der Waals surface area contributed by atoms with Crippen molar-refractivity contribution in [2.75, 3.05) is 0 Å². The van der Waals surface area contributed by atoms with Gasteiger partial charge in [0.05, 0.1) is 28.3 Å². The number of aromatic amines is 1. The molecule has 3 amide bonds. The van der Waals surface area contributed by atoms with Crippen molar-refractivity contribution in [2.24, 2.45) is 28.3 Å². The Bertz CT molecular complexity index is 2410. The van der Waals surface area contributed by atoms with Crippen molar-refractivity contribution in [3.63, 3.8) is 0 Å². The number of fused-ring (bicyclic) bond motifs is 2. The molecule has 8 N–H and O–H groups in total. The average Bonchev–Trinajstić information content (AvgIpc) is 3.95. The van der Waals surface area contributed by atoms with Gasteiger partial charge in [-0.2, -0.15) is 0 Å². The standard InChI is InChI=1S/C18H18N2O6S2.C18H10N2O2S2/c19-15(23)17(25,13-3-1-5-27-13)9-7-12(22)10(8-11(9)21)18(26,16(20)24)14-4-2-6-28-14;21-17-15(13-3-1-5-23-13)9-7-12-10(8-11(9)19-17)16(18(22)20-12)14-4-2-6-24-14/h1-6,9-10,25-26H,7-8H2,(H2,19,23)(H2,20,24);1-8,19,21H. The highest BCUT2D eigenvalue weighted by Gasteiger charge is 2.58. The Hall–Kier alpha value is -5.10. The summed E-state index contributed by atoms with van der Waals surface area (Å²) in [7, 11) is 0. The number of aromatic hydroxyl groups is 1. The third-order valence-electron chi connectivity index (χ3n) is 9.28. The van der Waals surface area contributed by atoms with Gasteiger partial charge in [0, 0.05) is 48.5 Å². The molecule has 16 heteroatoms. The molecule has 4 atom stereocenters. The number of nitrogens with one attached hydrogen (secondary N) is 1. The van der Waals surface area contributed by atoms with Crippen LogP contribution in [0.5, 0.6) is 5.88 Å². The van der Waals surface area contributed by atoms with E-state index in [1.165, 1.54) is 23.5 Å². The van der Waals surface area contributed by atoms with Gasteiger partial charge in [-0.3, -0.25) is 24.0 Å². The van der Waals surface area contributed by atoms with E-state index in [-0.39, 0.29) is 21.5 Å². The molecule has 6 heterocycles. The first-order valence-corrected chi connectivity index (χ1v) is 19.1. The summed E-state index contributed by atoms with van der Waals surface area (Å²) in [5.41, 5.74) is 8.25. The van der Waals surface area contributed by atoms with Crippen LogP contribution in [-0.4, -0.2) is 49.6 Å². The Morgan fingerprint density at radius 2 is 1.25 bits per heavy atom. The molecule has 0 radical (unpaired) electrons. The molecule has 12 nitrogen and oxygen atoms in total. The number of nitrogens with zero attached hydrogens (tertiary/aromatic N) is 1. The summed E-state index contributed by atoms with van der Waals surface area (Å²) in [5, 5.41) is 41.7. The maximum atomic E-state index is 12.9. The molecule has 52 heavy (non-hydrogen) atoms. The number of carbonyl (C=O) groups excluding carboxylic acids is 5. The van der Waals surface area contributed by atoms with Crippen LogP contribution in [0.15, 0.2) is 87.2 Å². The number of carbonyl (C=O) groups is 5. The predicted molar refractivity (Wildman–Crippen MR) is 197 cm³/mol. The highest BCUT2D eigenvalue weighted by atomic mass is 32.1. The van der Waals surface area contributed by atoms with Crippen LogP contribution in [0.1, 0.15) is 27.5 Å². The van der Waals surface area contributed by atoms with Crippen molar-refractivity contribution >= 4 is 91.1 Å². The number of primary amides is 2. The lowest BCUT2D eigenvalue weighted by molar-refractivity contribution is -0.166. The first-order chi connectivity index (χ1) is 24.8. The average molecular weight is 773 g/mol. The van der Waals surface area contributed by atoms with Crippen molar-refractivity contribution in [2.45, 2.75) is 24.0 Å². The molecule has 0 saturated heterocycles. The predicted octanol–water partition coefficient (Wildman–Crippen LogP) is 3.04. The maximum Gasteiger partial charge on any atom is 0.279 e. The number of ketones is 2. The second-order valence-corrected chi connectivity index (χ2v) is 16.0. The van der Waals surface area contributed by atoms with Gasteiger partial charge in [-0.25, -0.2) is 4.99 Å². The van der Waals surface area contributed by atoms with E-state index < -0.39 is 59.3 Å². The zero-order valence-electron chi connectivity index (χ0n) is 26.8. The first kappa shape index (κ1) is 35.3. The number of hydrogen-bond donors (Lipinski definition) is 6. The molecule has 1 aliphatic heterocycles. The SMILES string of the molecule is NC(=O)C(O)(c1cccs1)C1CC(=O)C(C(O)(C(N)=O)c2cccs2)CC1=O.O=C1N=c2cc3c(-c4cccs4)c(O)[nH]c3cc2=C1c1cccs1. The van der Waals surface area contributed by atoms with Gasteiger partial charge >= 0.3 is 0 Å². The smallest absolute Gasteiger partial charge is 0.279 e. The summed E-state index contributed by atoms with van der Waals surface area (Å²) in [6, 6.07) is 17.6. The molecule has 8 rings (SSSR count). The lowest BCUT2D eigenvalue weighted by Gasteiger charge is -2.39. The van der Waals surface area contributed by atoms with Crippen LogP contribution in [0, 0.1) is 11.8 Å². The third kappa shape index (κ3) is 5.73. The van der Waals surface area contributed by atoms with Gasteiger partial charge in [-0.05, 0) is 57.9 Å². The van der Waals surface area contributed by atoms with Crippen molar-refractivity contribution in [3.8, 4) is 16.3 Å². The molecule has 2 aliphatic rings. The van der Waals surface area contributed by atoms with Crippen LogP contribution in [0.2, 0.25) is 0 Å². The molecule has 1 aliphatic carbocycles.